The number of fused-ring (bicyclic) bond motifs is 1. The Morgan fingerprint density at radius 2 is 1.94 bits per heavy atom. The molecule has 0 aliphatic carbocycles. The average Bonchev–Trinajstić information content (AvgIpc) is 2.36. The van der Waals surface area contributed by atoms with Gasteiger partial charge in [-0.15, -0.1) is 0 Å². The molecule has 1 aliphatic rings. The van der Waals surface area contributed by atoms with Crippen molar-refractivity contribution in [2.45, 2.75) is 25.4 Å². The Labute approximate surface area is 109 Å². The molecule has 1 N–H and O–H groups in total. The molecule has 1 heterocycles. The minimum absolute atomic E-state index is 0.389. The van der Waals surface area contributed by atoms with Crippen LogP contribution in [0.15, 0.2) is 12.1 Å². The summed E-state index contributed by atoms with van der Waals surface area (Å²) < 4.78 is 10.8. The van der Waals surface area contributed by atoms with Gasteiger partial charge in [-0.2, -0.15) is 0 Å². The number of anilines is 1. The highest BCUT2D eigenvalue weighted by molar-refractivity contribution is 5.67. The van der Waals surface area contributed by atoms with E-state index in [9.17, 15) is 0 Å². The van der Waals surface area contributed by atoms with Gasteiger partial charge < -0.3 is 19.7 Å². The molecule has 18 heavy (non-hydrogen) atoms. The zero-order valence-electron chi connectivity index (χ0n) is 11.8. The van der Waals surface area contributed by atoms with Crippen LogP contribution < -0.4 is 14.8 Å². The summed E-state index contributed by atoms with van der Waals surface area (Å²) in [7, 11) is 7.60. The number of hydrogen-bond donors (Lipinski definition) is 1. The Hall–Kier alpha value is -1.42. The summed E-state index contributed by atoms with van der Waals surface area (Å²) in [5.41, 5.74) is 2.34. The lowest BCUT2D eigenvalue weighted by molar-refractivity contribution is 0.267. The van der Waals surface area contributed by atoms with Crippen LogP contribution in [-0.4, -0.2) is 39.3 Å². The second kappa shape index (κ2) is 5.06. The van der Waals surface area contributed by atoms with Gasteiger partial charge in [0.2, 0.25) is 0 Å². The minimum atomic E-state index is 0.389. The molecule has 4 nitrogen and oxygen atoms in total. The molecule has 0 amide bonds. The van der Waals surface area contributed by atoms with E-state index in [1.807, 2.05) is 6.07 Å². The molecule has 1 aromatic carbocycles. The number of nitrogens with zero attached hydrogens (tertiary/aromatic N) is 1. The number of rotatable bonds is 3. The second-order valence-electron chi connectivity index (χ2n) is 5.05. The number of nitrogens with one attached hydrogen (secondary N) is 1. The molecule has 0 saturated carbocycles. The molecule has 2 unspecified atom stereocenters. The Bertz CT molecular complexity index is 432. The molecule has 0 spiro atoms. The maximum absolute atomic E-state index is 5.47. The fraction of sp³-hybridized carbons (Fsp3) is 0.571. The van der Waals surface area contributed by atoms with Crippen LogP contribution >= 0.6 is 0 Å². The largest absolute Gasteiger partial charge is 0.497 e. The van der Waals surface area contributed by atoms with Gasteiger partial charge in [0.25, 0.3) is 0 Å². The lowest BCUT2D eigenvalue weighted by atomic mass is 9.92. The van der Waals surface area contributed by atoms with Crippen LogP contribution in [0.25, 0.3) is 0 Å². The summed E-state index contributed by atoms with van der Waals surface area (Å²) in [6, 6.07) is 4.85. The van der Waals surface area contributed by atoms with Crippen molar-refractivity contribution >= 4 is 5.69 Å². The lowest BCUT2D eigenvalue weighted by Gasteiger charge is -2.36. The van der Waals surface area contributed by atoms with Gasteiger partial charge in [-0.1, -0.05) is 0 Å². The second-order valence-corrected chi connectivity index (χ2v) is 5.05. The molecule has 0 aromatic heterocycles. The van der Waals surface area contributed by atoms with E-state index in [1.165, 1.54) is 5.56 Å². The molecule has 2 atom stereocenters. The monoisotopic (exact) mass is 250 g/mol. The standard InChI is InChI=1S/C14H22N2O2/c1-9-6-12(16(2)3)11-7-10(17-4)8-13(18-5)14(11)15-9/h7-9,12,15H,6H2,1-5H3. The van der Waals surface area contributed by atoms with Crippen molar-refractivity contribution in [2.24, 2.45) is 0 Å². The predicted molar refractivity (Wildman–Crippen MR) is 73.7 cm³/mol. The fourth-order valence-corrected chi connectivity index (χ4v) is 2.56. The first-order valence-corrected chi connectivity index (χ1v) is 6.25. The summed E-state index contributed by atoms with van der Waals surface area (Å²) in [5, 5.41) is 3.51. The minimum Gasteiger partial charge on any atom is -0.497 e. The van der Waals surface area contributed by atoms with Crippen LogP contribution in [0.5, 0.6) is 11.5 Å². The van der Waals surface area contributed by atoms with Gasteiger partial charge in [0.05, 0.1) is 19.9 Å². The number of benzene rings is 1. The van der Waals surface area contributed by atoms with E-state index in [4.69, 9.17) is 9.47 Å². The number of hydrogen-bond acceptors (Lipinski definition) is 4. The molecule has 0 radical (unpaired) electrons. The van der Waals surface area contributed by atoms with Crippen LogP contribution in [0.3, 0.4) is 0 Å². The Kier molecular flexibility index (Phi) is 3.66. The normalized spacial score (nSPS) is 22.3. The summed E-state index contributed by atoms with van der Waals surface area (Å²) in [5.74, 6) is 1.69. The van der Waals surface area contributed by atoms with Crippen LogP contribution in [-0.2, 0) is 0 Å². The Morgan fingerprint density at radius 1 is 1.22 bits per heavy atom. The first-order chi connectivity index (χ1) is 8.56. The summed E-state index contributed by atoms with van der Waals surface area (Å²) in [6.07, 6.45) is 1.08. The topological polar surface area (TPSA) is 33.7 Å². The van der Waals surface area contributed by atoms with Gasteiger partial charge in [-0.25, -0.2) is 0 Å². The van der Waals surface area contributed by atoms with Gasteiger partial charge in [0.1, 0.15) is 11.5 Å². The van der Waals surface area contributed by atoms with Crippen molar-refractivity contribution in [3.05, 3.63) is 17.7 Å². The van der Waals surface area contributed by atoms with E-state index in [-0.39, 0.29) is 0 Å². The van der Waals surface area contributed by atoms with Gasteiger partial charge in [0, 0.05) is 18.2 Å². The highest BCUT2D eigenvalue weighted by Crippen LogP contribution is 2.43. The molecule has 0 saturated heterocycles. The molecule has 1 aliphatic heterocycles. The summed E-state index contributed by atoms with van der Waals surface area (Å²) >= 11 is 0. The molecule has 0 fully saturated rings. The van der Waals surface area contributed by atoms with Crippen LogP contribution in [0.1, 0.15) is 24.9 Å². The Morgan fingerprint density at radius 3 is 2.50 bits per heavy atom. The van der Waals surface area contributed by atoms with E-state index in [0.29, 0.717) is 12.1 Å². The first kappa shape index (κ1) is 13.0. The quantitative estimate of drug-likeness (QED) is 0.893. The highest BCUT2D eigenvalue weighted by Gasteiger charge is 2.28. The van der Waals surface area contributed by atoms with E-state index < -0.39 is 0 Å². The molecular formula is C14H22N2O2. The number of methoxy groups -OCH3 is 2. The third kappa shape index (κ3) is 2.25. The molecule has 0 bridgehead atoms. The van der Waals surface area contributed by atoms with Crippen molar-refractivity contribution in [1.82, 2.24) is 4.90 Å². The molecule has 1 aromatic rings. The Balaban J connectivity index is 2.54. The van der Waals surface area contributed by atoms with E-state index in [2.05, 4.69) is 37.3 Å². The SMILES string of the molecule is COc1cc(OC)c2c(c1)C(N(C)C)CC(C)N2. The summed E-state index contributed by atoms with van der Waals surface area (Å²) in [6.45, 7) is 2.20. The van der Waals surface area contributed by atoms with Gasteiger partial charge >= 0.3 is 0 Å². The van der Waals surface area contributed by atoms with Crippen molar-refractivity contribution in [3.8, 4) is 11.5 Å². The number of ether oxygens (including phenoxy) is 2. The van der Waals surface area contributed by atoms with E-state index >= 15 is 0 Å². The van der Waals surface area contributed by atoms with Crippen LogP contribution in [0.2, 0.25) is 0 Å². The van der Waals surface area contributed by atoms with E-state index in [0.717, 1.165) is 23.6 Å². The van der Waals surface area contributed by atoms with Crippen molar-refractivity contribution < 1.29 is 9.47 Å². The third-order valence-electron chi connectivity index (χ3n) is 3.51. The van der Waals surface area contributed by atoms with E-state index in [1.54, 1.807) is 14.2 Å². The van der Waals surface area contributed by atoms with Crippen LogP contribution in [0, 0.1) is 0 Å². The van der Waals surface area contributed by atoms with Gasteiger partial charge in [-0.05, 0) is 39.1 Å². The maximum atomic E-state index is 5.47. The highest BCUT2D eigenvalue weighted by atomic mass is 16.5. The predicted octanol–water partition coefficient (Wildman–Crippen LogP) is 2.51. The lowest BCUT2D eigenvalue weighted by Crippen LogP contribution is -2.32. The average molecular weight is 250 g/mol. The molecule has 2 rings (SSSR count). The zero-order chi connectivity index (χ0) is 13.3. The third-order valence-corrected chi connectivity index (χ3v) is 3.51. The maximum Gasteiger partial charge on any atom is 0.145 e. The van der Waals surface area contributed by atoms with Crippen molar-refractivity contribution in [3.63, 3.8) is 0 Å². The summed E-state index contributed by atoms with van der Waals surface area (Å²) in [4.78, 5) is 2.25. The first-order valence-electron chi connectivity index (χ1n) is 6.25. The van der Waals surface area contributed by atoms with Gasteiger partial charge in [-0.3, -0.25) is 0 Å². The molecule has 4 heteroatoms. The fourth-order valence-electron chi connectivity index (χ4n) is 2.56. The van der Waals surface area contributed by atoms with Crippen LogP contribution in [0.4, 0.5) is 5.69 Å². The zero-order valence-corrected chi connectivity index (χ0v) is 11.8. The van der Waals surface area contributed by atoms with Crippen molar-refractivity contribution in [2.75, 3.05) is 33.6 Å². The smallest absolute Gasteiger partial charge is 0.145 e. The molecular weight excluding hydrogens is 228 g/mol. The van der Waals surface area contributed by atoms with Gasteiger partial charge in [0.15, 0.2) is 0 Å². The van der Waals surface area contributed by atoms with Crippen molar-refractivity contribution in [1.29, 1.82) is 0 Å². The molecule has 100 valence electrons.